The first-order valence-electron chi connectivity index (χ1n) is 11.3. The molecule has 2 aliphatic heterocycles. The topological polar surface area (TPSA) is 71.3 Å². The van der Waals surface area contributed by atoms with Crippen molar-refractivity contribution in [1.29, 1.82) is 0 Å². The zero-order valence-corrected chi connectivity index (χ0v) is 17.7. The number of hydrogen-bond donors (Lipinski definition) is 0. The summed E-state index contributed by atoms with van der Waals surface area (Å²) in [6.07, 6.45) is 4.26. The molecule has 1 aromatic carbocycles. The van der Waals surface area contributed by atoms with E-state index >= 15 is 4.39 Å². The third-order valence-corrected chi connectivity index (χ3v) is 6.74. The maximum Gasteiger partial charge on any atom is 0.214 e. The Morgan fingerprint density at radius 2 is 1.69 bits per heavy atom. The van der Waals surface area contributed by atoms with Crippen LogP contribution in [0.2, 0.25) is 0 Å². The molecule has 2 aromatic heterocycles. The maximum absolute atomic E-state index is 15.8. The maximum atomic E-state index is 15.8. The number of halogens is 1. The fourth-order valence-corrected chi connectivity index (χ4v) is 5.16. The number of benzene rings is 1. The summed E-state index contributed by atoms with van der Waals surface area (Å²) >= 11 is 0. The lowest BCUT2D eigenvalue weighted by molar-refractivity contribution is -0.202. The lowest BCUT2D eigenvalue weighted by atomic mass is 9.86. The predicted molar refractivity (Wildman–Crippen MR) is 113 cm³/mol. The summed E-state index contributed by atoms with van der Waals surface area (Å²) in [5, 5.41) is 8.80. The Labute approximate surface area is 185 Å². The van der Waals surface area contributed by atoms with Crippen molar-refractivity contribution < 1.29 is 18.6 Å². The summed E-state index contributed by atoms with van der Waals surface area (Å²) in [6.45, 7) is 0.758. The van der Waals surface area contributed by atoms with Gasteiger partial charge in [-0.15, -0.1) is 10.2 Å². The Balaban J connectivity index is 1.30. The number of rotatable bonds is 3. The first kappa shape index (κ1) is 19.8. The average Bonchev–Trinajstić information content (AvgIpc) is 3.46. The number of para-hydroxylation sites is 1. The van der Waals surface area contributed by atoms with Crippen LogP contribution in [0.3, 0.4) is 0 Å². The molecule has 32 heavy (non-hydrogen) atoms. The van der Waals surface area contributed by atoms with Crippen molar-refractivity contribution in [2.75, 3.05) is 13.2 Å². The van der Waals surface area contributed by atoms with Gasteiger partial charge in [-0.2, -0.15) is 0 Å². The Bertz CT molecular complexity index is 1090. The molecule has 4 heterocycles. The molecule has 1 atom stereocenters. The van der Waals surface area contributed by atoms with Crippen LogP contribution in [0, 0.1) is 0 Å². The van der Waals surface area contributed by atoms with E-state index in [1.54, 1.807) is 6.20 Å². The SMILES string of the molecule is FC1c2nnc(C3CCC(Oc4ccccn4)CC3)n2-c2ccccc2CC12OCCO2. The highest BCUT2D eigenvalue weighted by Gasteiger charge is 2.51. The van der Waals surface area contributed by atoms with Crippen molar-refractivity contribution in [1.82, 2.24) is 19.7 Å². The number of fused-ring (bicyclic) bond motifs is 3. The standard InChI is InChI=1S/C24H25FN4O3/c25-21-23-28-27-22(16-8-10-18(11-9-16)32-20-7-3-4-12-26-20)29(23)19-6-2-1-5-17(19)15-24(21)30-13-14-31-24/h1-7,12,16,18,21H,8-11,13-15H2. The van der Waals surface area contributed by atoms with Crippen LogP contribution < -0.4 is 4.74 Å². The molecule has 0 radical (unpaired) electrons. The molecule has 6 rings (SSSR count). The predicted octanol–water partition coefficient (Wildman–Crippen LogP) is 4.08. The molecule has 0 N–H and O–H groups in total. The minimum Gasteiger partial charge on any atom is -0.474 e. The molecule has 0 amide bonds. The number of aromatic nitrogens is 4. The van der Waals surface area contributed by atoms with Crippen LogP contribution in [0.5, 0.6) is 5.88 Å². The third kappa shape index (κ3) is 3.29. The van der Waals surface area contributed by atoms with Gasteiger partial charge < -0.3 is 14.2 Å². The van der Waals surface area contributed by atoms with Gasteiger partial charge >= 0.3 is 0 Å². The molecule has 2 fully saturated rings. The van der Waals surface area contributed by atoms with E-state index in [0.717, 1.165) is 42.8 Å². The molecule has 7 nitrogen and oxygen atoms in total. The van der Waals surface area contributed by atoms with Crippen molar-refractivity contribution in [2.45, 2.75) is 56.1 Å². The first-order chi connectivity index (χ1) is 15.7. The van der Waals surface area contributed by atoms with Gasteiger partial charge in [0, 0.05) is 24.6 Å². The molecular formula is C24H25FN4O3. The van der Waals surface area contributed by atoms with E-state index in [1.807, 2.05) is 47.0 Å². The van der Waals surface area contributed by atoms with Crippen molar-refractivity contribution in [3.05, 3.63) is 65.9 Å². The summed E-state index contributed by atoms with van der Waals surface area (Å²) in [6, 6.07) is 13.6. The second-order valence-corrected chi connectivity index (χ2v) is 8.69. The Kier molecular flexibility index (Phi) is 4.91. The van der Waals surface area contributed by atoms with Gasteiger partial charge in [-0.3, -0.25) is 4.57 Å². The average molecular weight is 436 g/mol. The van der Waals surface area contributed by atoms with Gasteiger partial charge in [0.1, 0.15) is 11.9 Å². The highest BCUT2D eigenvalue weighted by Crippen LogP contribution is 2.45. The Morgan fingerprint density at radius 1 is 0.938 bits per heavy atom. The van der Waals surface area contributed by atoms with E-state index in [0.29, 0.717) is 25.5 Å². The van der Waals surface area contributed by atoms with Gasteiger partial charge in [-0.1, -0.05) is 24.3 Å². The molecule has 0 bridgehead atoms. The molecule has 166 valence electrons. The largest absolute Gasteiger partial charge is 0.474 e. The van der Waals surface area contributed by atoms with Crippen molar-refractivity contribution >= 4 is 0 Å². The Morgan fingerprint density at radius 3 is 2.47 bits per heavy atom. The second kappa shape index (κ2) is 7.94. The number of hydrogen-bond acceptors (Lipinski definition) is 6. The normalized spacial score (nSPS) is 26.3. The number of ether oxygens (including phenoxy) is 3. The van der Waals surface area contributed by atoms with Crippen LogP contribution in [0.15, 0.2) is 48.7 Å². The fourth-order valence-electron chi connectivity index (χ4n) is 5.16. The lowest BCUT2D eigenvalue weighted by Crippen LogP contribution is -2.38. The highest BCUT2D eigenvalue weighted by molar-refractivity contribution is 5.46. The molecule has 1 saturated carbocycles. The van der Waals surface area contributed by atoms with Crippen LogP contribution in [-0.2, 0) is 15.9 Å². The van der Waals surface area contributed by atoms with Gasteiger partial charge in [0.25, 0.3) is 0 Å². The summed E-state index contributed by atoms with van der Waals surface area (Å²) in [7, 11) is 0. The van der Waals surface area contributed by atoms with Gasteiger partial charge in [-0.25, -0.2) is 9.37 Å². The van der Waals surface area contributed by atoms with E-state index in [2.05, 4.69) is 15.2 Å². The van der Waals surface area contributed by atoms with Crippen LogP contribution in [0.25, 0.3) is 5.69 Å². The highest BCUT2D eigenvalue weighted by atomic mass is 19.1. The van der Waals surface area contributed by atoms with E-state index < -0.39 is 12.0 Å². The summed E-state index contributed by atoms with van der Waals surface area (Å²) in [5.41, 5.74) is 1.89. The van der Waals surface area contributed by atoms with Crippen LogP contribution in [0.4, 0.5) is 4.39 Å². The molecule has 1 saturated heterocycles. The van der Waals surface area contributed by atoms with Crippen molar-refractivity contribution in [2.24, 2.45) is 0 Å². The quantitative estimate of drug-likeness (QED) is 0.616. The number of pyridine rings is 1. The van der Waals surface area contributed by atoms with E-state index in [-0.39, 0.29) is 17.8 Å². The van der Waals surface area contributed by atoms with E-state index in [9.17, 15) is 0 Å². The van der Waals surface area contributed by atoms with Gasteiger partial charge in [-0.05, 0) is 43.4 Å². The van der Waals surface area contributed by atoms with Crippen molar-refractivity contribution in [3.63, 3.8) is 0 Å². The monoisotopic (exact) mass is 436 g/mol. The minimum absolute atomic E-state index is 0.123. The van der Waals surface area contributed by atoms with Crippen LogP contribution >= 0.6 is 0 Å². The summed E-state index contributed by atoms with van der Waals surface area (Å²) in [4.78, 5) is 4.26. The molecule has 1 unspecified atom stereocenters. The smallest absolute Gasteiger partial charge is 0.214 e. The zero-order chi connectivity index (χ0) is 21.5. The van der Waals surface area contributed by atoms with Gasteiger partial charge in [0.2, 0.25) is 17.8 Å². The number of nitrogens with zero attached hydrogens (tertiary/aromatic N) is 4. The summed E-state index contributed by atoms with van der Waals surface area (Å²) < 4.78 is 35.4. The molecule has 3 aliphatic rings. The fraction of sp³-hybridized carbons (Fsp3) is 0.458. The molecular weight excluding hydrogens is 411 g/mol. The van der Waals surface area contributed by atoms with Gasteiger partial charge in [0.05, 0.1) is 18.9 Å². The molecule has 1 aliphatic carbocycles. The van der Waals surface area contributed by atoms with Crippen LogP contribution in [0.1, 0.15) is 55.0 Å². The van der Waals surface area contributed by atoms with Gasteiger partial charge in [0.15, 0.2) is 5.82 Å². The van der Waals surface area contributed by atoms with E-state index in [4.69, 9.17) is 14.2 Å². The Hall–Kier alpha value is -2.84. The zero-order valence-electron chi connectivity index (χ0n) is 17.7. The minimum atomic E-state index is -1.51. The lowest BCUT2D eigenvalue weighted by Gasteiger charge is -2.28. The van der Waals surface area contributed by atoms with Crippen molar-refractivity contribution in [3.8, 4) is 11.6 Å². The summed E-state index contributed by atoms with van der Waals surface area (Å²) in [5.74, 6) is 0.575. The van der Waals surface area contributed by atoms with E-state index in [1.165, 1.54) is 0 Å². The first-order valence-corrected chi connectivity index (χ1v) is 11.3. The molecule has 8 heteroatoms. The molecule has 3 aromatic rings. The number of alkyl halides is 1. The third-order valence-electron chi connectivity index (χ3n) is 6.74. The molecule has 1 spiro atoms. The second-order valence-electron chi connectivity index (χ2n) is 8.69. The van der Waals surface area contributed by atoms with Crippen LogP contribution in [-0.4, -0.2) is 44.9 Å².